The summed E-state index contributed by atoms with van der Waals surface area (Å²) in [5, 5.41) is 13.4. The Morgan fingerprint density at radius 1 is 1.10 bits per heavy atom. The van der Waals surface area contributed by atoms with Crippen LogP contribution < -0.4 is 29.7 Å². The standard InChI is InChI=1S/C23H32N4O5S.C2HF3O2/c1-5-16(2)25-23(28)19-14-17(6-8-20(19)27-12-10-24-11-13-27)26-33(29,30)22-15-18(31-3)7-9-21(22)32-4;3-2(4,5)1(6)7/h6-9,14-16,24,26H,5,10-13H2,1-4H3,(H,25,28);(H,6,7). The van der Waals surface area contributed by atoms with Gasteiger partial charge in [0.25, 0.3) is 15.9 Å². The molecule has 1 heterocycles. The van der Waals surface area contributed by atoms with Gasteiger partial charge >= 0.3 is 12.1 Å². The van der Waals surface area contributed by atoms with Crippen LogP contribution in [0.2, 0.25) is 0 Å². The predicted molar refractivity (Wildman–Crippen MR) is 143 cm³/mol. The van der Waals surface area contributed by atoms with E-state index < -0.39 is 22.2 Å². The lowest BCUT2D eigenvalue weighted by molar-refractivity contribution is -0.192. The van der Waals surface area contributed by atoms with E-state index in [1.54, 1.807) is 24.3 Å². The molecule has 0 saturated carbocycles. The predicted octanol–water partition coefficient (Wildman–Crippen LogP) is 3.08. The van der Waals surface area contributed by atoms with Crippen molar-refractivity contribution in [3.63, 3.8) is 0 Å². The Labute approximate surface area is 230 Å². The van der Waals surface area contributed by atoms with Crippen molar-refractivity contribution in [2.45, 2.75) is 37.4 Å². The fraction of sp³-hybridized carbons (Fsp3) is 0.440. The van der Waals surface area contributed by atoms with Gasteiger partial charge in [0.05, 0.1) is 19.8 Å². The molecule has 2 aromatic rings. The summed E-state index contributed by atoms with van der Waals surface area (Å²) in [7, 11) is -1.14. The third-order valence-corrected chi connectivity index (χ3v) is 7.25. The Kier molecular flexibility index (Phi) is 11.4. The summed E-state index contributed by atoms with van der Waals surface area (Å²) in [5.41, 5.74) is 1.49. The first-order valence-corrected chi connectivity index (χ1v) is 13.7. The highest BCUT2D eigenvalue weighted by Gasteiger charge is 2.38. The van der Waals surface area contributed by atoms with Crippen LogP contribution in [0.4, 0.5) is 24.5 Å². The van der Waals surface area contributed by atoms with Gasteiger partial charge in [-0.2, -0.15) is 13.2 Å². The van der Waals surface area contributed by atoms with Crippen LogP contribution in [0, 0.1) is 0 Å². The van der Waals surface area contributed by atoms with E-state index >= 15 is 0 Å². The number of halogens is 3. The quantitative estimate of drug-likeness (QED) is 0.346. The van der Waals surface area contributed by atoms with Gasteiger partial charge in [-0.25, -0.2) is 13.2 Å². The van der Waals surface area contributed by atoms with Gasteiger partial charge < -0.3 is 30.1 Å². The van der Waals surface area contributed by atoms with Crippen LogP contribution in [0.3, 0.4) is 0 Å². The SMILES string of the molecule is CCC(C)NC(=O)c1cc(NS(=O)(=O)c2cc(OC)ccc2OC)ccc1N1CCNCC1.O=C(O)C(F)(F)F. The molecule has 0 radical (unpaired) electrons. The van der Waals surface area contributed by atoms with Crippen LogP contribution in [0.5, 0.6) is 11.5 Å². The van der Waals surface area contributed by atoms with Crippen molar-refractivity contribution in [1.82, 2.24) is 10.6 Å². The molecule has 11 nitrogen and oxygen atoms in total. The van der Waals surface area contributed by atoms with Crippen LogP contribution >= 0.6 is 0 Å². The number of rotatable bonds is 9. The van der Waals surface area contributed by atoms with Gasteiger partial charge in [-0.3, -0.25) is 9.52 Å². The minimum absolute atomic E-state index is 0.00485. The third-order valence-electron chi connectivity index (χ3n) is 5.84. The van der Waals surface area contributed by atoms with Gasteiger partial charge in [0.1, 0.15) is 16.4 Å². The zero-order chi connectivity index (χ0) is 30.1. The second-order valence-corrected chi connectivity index (χ2v) is 10.3. The average Bonchev–Trinajstić information content (AvgIpc) is 2.92. The first kappa shape index (κ1) is 32.5. The van der Waals surface area contributed by atoms with Crippen molar-refractivity contribution in [3.8, 4) is 11.5 Å². The third kappa shape index (κ3) is 8.91. The van der Waals surface area contributed by atoms with E-state index in [4.69, 9.17) is 19.4 Å². The number of carboxylic acid groups (broad SMARTS) is 1. The number of nitrogens with one attached hydrogen (secondary N) is 3. The average molecular weight is 591 g/mol. The highest BCUT2D eigenvalue weighted by molar-refractivity contribution is 7.92. The second kappa shape index (κ2) is 14.1. The lowest BCUT2D eigenvalue weighted by Gasteiger charge is -2.31. The van der Waals surface area contributed by atoms with Crippen molar-refractivity contribution in [2.75, 3.05) is 50.0 Å². The highest BCUT2D eigenvalue weighted by atomic mass is 32.2. The zero-order valence-corrected chi connectivity index (χ0v) is 23.3. The normalized spacial score (nSPS) is 14.3. The number of amides is 1. The first-order chi connectivity index (χ1) is 18.7. The summed E-state index contributed by atoms with van der Waals surface area (Å²) in [5.74, 6) is -2.42. The van der Waals surface area contributed by atoms with Crippen molar-refractivity contribution in [3.05, 3.63) is 42.0 Å². The zero-order valence-electron chi connectivity index (χ0n) is 22.5. The fourth-order valence-electron chi connectivity index (χ4n) is 3.57. The van der Waals surface area contributed by atoms with Gasteiger partial charge in [0.15, 0.2) is 0 Å². The highest BCUT2D eigenvalue weighted by Crippen LogP contribution is 2.31. The number of ether oxygens (including phenoxy) is 2. The monoisotopic (exact) mass is 590 g/mol. The summed E-state index contributed by atoms with van der Waals surface area (Å²) in [4.78, 5) is 24.1. The van der Waals surface area contributed by atoms with Crippen LogP contribution in [0.25, 0.3) is 0 Å². The Bertz CT molecular complexity index is 1280. The summed E-state index contributed by atoms with van der Waals surface area (Å²) >= 11 is 0. The first-order valence-electron chi connectivity index (χ1n) is 12.2. The fourth-order valence-corrected chi connectivity index (χ4v) is 4.81. The molecule has 4 N–H and O–H groups in total. The maximum absolute atomic E-state index is 13.2. The van der Waals surface area contributed by atoms with Crippen molar-refractivity contribution in [1.29, 1.82) is 0 Å². The number of carbonyl (C=O) groups is 2. The Morgan fingerprint density at radius 3 is 2.25 bits per heavy atom. The van der Waals surface area contributed by atoms with Crippen molar-refractivity contribution in [2.24, 2.45) is 0 Å². The molecule has 1 amide bonds. The van der Waals surface area contributed by atoms with E-state index in [2.05, 4.69) is 20.3 Å². The molecule has 2 aromatic carbocycles. The van der Waals surface area contributed by atoms with Gasteiger partial charge in [-0.05, 0) is 43.7 Å². The lowest BCUT2D eigenvalue weighted by Crippen LogP contribution is -2.44. The number of hydrogen-bond donors (Lipinski definition) is 4. The maximum atomic E-state index is 13.2. The van der Waals surface area contributed by atoms with Crippen LogP contribution in [-0.2, 0) is 14.8 Å². The van der Waals surface area contributed by atoms with Gasteiger partial charge in [0.2, 0.25) is 0 Å². The largest absolute Gasteiger partial charge is 0.497 e. The number of sulfonamides is 1. The topological polar surface area (TPSA) is 146 Å². The number of alkyl halides is 3. The van der Waals surface area contributed by atoms with Crippen molar-refractivity contribution >= 4 is 33.3 Å². The summed E-state index contributed by atoms with van der Waals surface area (Å²) < 4.78 is 71.1. The van der Waals surface area contributed by atoms with Crippen LogP contribution in [-0.4, -0.2) is 78.0 Å². The molecule has 15 heteroatoms. The van der Waals surface area contributed by atoms with Gasteiger partial charge in [0, 0.05) is 49.7 Å². The number of carbonyl (C=O) groups excluding carboxylic acids is 1. The molecule has 0 spiro atoms. The maximum Gasteiger partial charge on any atom is 0.490 e. The number of anilines is 2. The van der Waals surface area contributed by atoms with E-state index in [1.807, 2.05) is 13.8 Å². The minimum atomic E-state index is -5.08. The molecule has 0 aromatic heterocycles. The molecule has 1 atom stereocenters. The number of carboxylic acids is 1. The number of benzene rings is 2. The van der Waals surface area contributed by atoms with Gasteiger partial charge in [-0.15, -0.1) is 0 Å². The van der Waals surface area contributed by atoms with E-state index in [-0.39, 0.29) is 28.3 Å². The van der Waals surface area contributed by atoms with E-state index in [9.17, 15) is 26.4 Å². The lowest BCUT2D eigenvalue weighted by atomic mass is 10.1. The molecule has 0 bridgehead atoms. The molecular weight excluding hydrogens is 557 g/mol. The van der Waals surface area contributed by atoms with Gasteiger partial charge in [-0.1, -0.05) is 6.92 Å². The molecule has 1 aliphatic heterocycles. The molecule has 1 aliphatic rings. The molecule has 1 unspecified atom stereocenters. The van der Waals surface area contributed by atoms with Crippen LogP contribution in [0.1, 0.15) is 30.6 Å². The Balaban J connectivity index is 0.000000708. The van der Waals surface area contributed by atoms with Crippen LogP contribution in [0.15, 0.2) is 41.3 Å². The molecule has 1 saturated heterocycles. The number of nitrogens with zero attached hydrogens (tertiary/aromatic N) is 1. The summed E-state index contributed by atoms with van der Waals surface area (Å²) in [6.07, 6.45) is -4.29. The molecule has 0 aliphatic carbocycles. The minimum Gasteiger partial charge on any atom is -0.497 e. The Morgan fingerprint density at radius 2 is 1.73 bits per heavy atom. The summed E-state index contributed by atoms with van der Waals surface area (Å²) in [6.45, 7) is 7.08. The number of hydrogen-bond acceptors (Lipinski definition) is 8. The van der Waals surface area contributed by atoms with E-state index in [1.165, 1.54) is 26.4 Å². The molecule has 1 fully saturated rings. The molecule has 40 heavy (non-hydrogen) atoms. The number of aliphatic carboxylic acids is 1. The second-order valence-electron chi connectivity index (χ2n) is 8.68. The van der Waals surface area contributed by atoms with E-state index in [0.29, 0.717) is 11.3 Å². The smallest absolute Gasteiger partial charge is 0.490 e. The Hall–Kier alpha value is -3.72. The number of methoxy groups -OCH3 is 2. The molecule has 222 valence electrons. The number of piperazine rings is 1. The molecule has 3 rings (SSSR count). The summed E-state index contributed by atoms with van der Waals surface area (Å²) in [6, 6.07) is 9.59. The van der Waals surface area contributed by atoms with E-state index in [0.717, 1.165) is 38.3 Å². The van der Waals surface area contributed by atoms with Crippen molar-refractivity contribution < 1.29 is 45.8 Å². The molecular formula is C25H33F3N4O7S.